The highest BCUT2D eigenvalue weighted by atomic mass is 16.5. The van der Waals surface area contributed by atoms with E-state index in [1.165, 1.54) is 7.11 Å². The normalized spacial score (nSPS) is 14.4. The van der Waals surface area contributed by atoms with E-state index < -0.39 is 36.2 Å². The van der Waals surface area contributed by atoms with Crippen molar-refractivity contribution >= 4 is 29.6 Å². The van der Waals surface area contributed by atoms with Gasteiger partial charge in [-0.05, 0) is 40.2 Å². The topological polar surface area (TPSA) is 106 Å². The van der Waals surface area contributed by atoms with Gasteiger partial charge in [0.1, 0.15) is 0 Å². The van der Waals surface area contributed by atoms with Crippen LogP contribution in [-0.2, 0) is 25.7 Å². The Kier molecular flexibility index (Phi) is 6.37. The molecule has 1 aliphatic heterocycles. The summed E-state index contributed by atoms with van der Waals surface area (Å²) in [6, 6.07) is 0.442. The number of nitrogens with zero attached hydrogens (tertiary/aromatic N) is 3. The van der Waals surface area contributed by atoms with Crippen LogP contribution in [0.2, 0.25) is 0 Å². The van der Waals surface area contributed by atoms with Gasteiger partial charge in [0.25, 0.3) is 0 Å². The Bertz CT molecular complexity index is 839. The first kappa shape index (κ1) is 21.3. The summed E-state index contributed by atoms with van der Waals surface area (Å²) in [7, 11) is 1.33. The van der Waals surface area contributed by atoms with Crippen LogP contribution in [0.1, 0.15) is 48.4 Å². The minimum atomic E-state index is -0.987. The molecule has 0 aliphatic carbocycles. The minimum absolute atomic E-state index is 0.265. The summed E-state index contributed by atoms with van der Waals surface area (Å²) in [5.74, 6) is -2.63. The van der Waals surface area contributed by atoms with Gasteiger partial charge in [-0.1, -0.05) is 0 Å². The third kappa shape index (κ3) is 3.97. The van der Waals surface area contributed by atoms with Crippen molar-refractivity contribution in [2.45, 2.75) is 53.1 Å². The highest BCUT2D eigenvalue weighted by molar-refractivity contribution is 6.45. The van der Waals surface area contributed by atoms with Crippen molar-refractivity contribution in [2.75, 3.05) is 13.7 Å². The van der Waals surface area contributed by atoms with Crippen molar-refractivity contribution in [2.24, 2.45) is 0 Å². The Morgan fingerprint density at radius 1 is 1.11 bits per heavy atom. The summed E-state index contributed by atoms with van der Waals surface area (Å²) < 4.78 is 6.52. The van der Waals surface area contributed by atoms with Crippen LogP contribution in [0.25, 0.3) is 0 Å². The number of rotatable bonds is 8. The van der Waals surface area contributed by atoms with Crippen LogP contribution in [0.3, 0.4) is 0 Å². The molecule has 1 aromatic rings. The molecule has 1 saturated heterocycles. The van der Waals surface area contributed by atoms with E-state index in [4.69, 9.17) is 0 Å². The molecule has 2 rings (SSSR count). The predicted octanol–water partition coefficient (Wildman–Crippen LogP) is 1.44. The molecule has 0 spiro atoms. The molecule has 1 fully saturated rings. The number of aryl methyl sites for hydroxylation is 1. The maximum Gasteiger partial charge on any atom is 0.334 e. The van der Waals surface area contributed by atoms with E-state index in [1.807, 2.05) is 11.5 Å². The second kappa shape index (κ2) is 8.37. The molecule has 4 amide bonds. The van der Waals surface area contributed by atoms with E-state index in [2.05, 4.69) is 4.74 Å². The highest BCUT2D eigenvalue weighted by Crippen LogP contribution is 2.20. The van der Waals surface area contributed by atoms with Gasteiger partial charge in [0.2, 0.25) is 0 Å². The minimum Gasteiger partial charge on any atom is -0.469 e. The quantitative estimate of drug-likeness (QED) is 0.287. The summed E-state index contributed by atoms with van der Waals surface area (Å²) >= 11 is 0. The fourth-order valence-electron chi connectivity index (χ4n) is 3.26. The van der Waals surface area contributed by atoms with E-state index in [0.717, 1.165) is 10.6 Å². The van der Waals surface area contributed by atoms with E-state index in [1.54, 1.807) is 26.8 Å². The number of ketones is 1. The molecule has 152 valence electrons. The van der Waals surface area contributed by atoms with Gasteiger partial charge in [-0.3, -0.25) is 24.1 Å². The lowest BCUT2D eigenvalue weighted by atomic mass is 10.1. The molecule has 0 N–H and O–H groups in total. The number of urea groups is 1. The van der Waals surface area contributed by atoms with Gasteiger partial charge in [0.05, 0.1) is 13.7 Å². The van der Waals surface area contributed by atoms with Gasteiger partial charge in [0.15, 0.2) is 5.78 Å². The van der Waals surface area contributed by atoms with Crippen LogP contribution in [0.5, 0.6) is 0 Å². The molecule has 1 aromatic heterocycles. The number of ether oxygens (including phenoxy) is 1. The number of hydrogen-bond donors (Lipinski definition) is 0. The van der Waals surface area contributed by atoms with Gasteiger partial charge in [0, 0.05) is 36.0 Å². The van der Waals surface area contributed by atoms with Crippen LogP contribution >= 0.6 is 0 Å². The maximum absolute atomic E-state index is 12.7. The van der Waals surface area contributed by atoms with Crippen LogP contribution in [0.4, 0.5) is 4.79 Å². The van der Waals surface area contributed by atoms with Crippen molar-refractivity contribution in [3.8, 4) is 0 Å². The molecular formula is C19H25N3O6. The van der Waals surface area contributed by atoms with Crippen molar-refractivity contribution in [3.05, 3.63) is 23.0 Å². The van der Waals surface area contributed by atoms with Crippen LogP contribution in [-0.4, -0.2) is 63.7 Å². The lowest BCUT2D eigenvalue weighted by Crippen LogP contribution is -2.39. The third-order valence-electron chi connectivity index (χ3n) is 4.77. The number of methoxy groups -OCH3 is 1. The van der Waals surface area contributed by atoms with Crippen molar-refractivity contribution in [1.82, 2.24) is 14.4 Å². The third-order valence-corrected chi connectivity index (χ3v) is 4.77. The number of esters is 1. The van der Waals surface area contributed by atoms with Gasteiger partial charge in [-0.15, -0.1) is 0 Å². The number of carbonyl (C=O) groups is 5. The Hall–Kier alpha value is -2.97. The number of amides is 4. The largest absolute Gasteiger partial charge is 0.469 e. The van der Waals surface area contributed by atoms with Crippen LogP contribution < -0.4 is 0 Å². The molecule has 9 heteroatoms. The SMILES string of the molecule is COC(=O)CCCn1c(C)cc(C(=O)CN2C(=O)C(=O)N(C(C)C)C2=O)c1C. The molecule has 0 atom stereocenters. The fraction of sp³-hybridized carbons (Fsp3) is 0.526. The summed E-state index contributed by atoms with van der Waals surface area (Å²) in [6.07, 6.45) is 0.818. The van der Waals surface area contributed by atoms with Crippen molar-refractivity contribution in [1.29, 1.82) is 0 Å². The van der Waals surface area contributed by atoms with E-state index in [9.17, 15) is 24.0 Å². The average Bonchev–Trinajstić information content (AvgIpc) is 3.03. The van der Waals surface area contributed by atoms with Crippen LogP contribution in [0.15, 0.2) is 6.07 Å². The van der Waals surface area contributed by atoms with Crippen molar-refractivity contribution in [3.63, 3.8) is 0 Å². The van der Waals surface area contributed by atoms with Gasteiger partial charge in [-0.25, -0.2) is 9.69 Å². The molecule has 9 nitrogen and oxygen atoms in total. The standard InChI is InChI=1S/C19H25N3O6/c1-11(2)22-18(26)17(25)21(19(22)27)10-15(23)14-9-12(3)20(13(14)4)8-6-7-16(24)28-5/h9,11H,6-8,10H2,1-5H3. The highest BCUT2D eigenvalue weighted by Gasteiger charge is 2.46. The molecule has 0 radical (unpaired) electrons. The zero-order chi connectivity index (χ0) is 21.2. The number of carbonyl (C=O) groups excluding carboxylic acids is 5. The van der Waals surface area contributed by atoms with E-state index in [-0.39, 0.29) is 12.4 Å². The number of imide groups is 2. The Labute approximate surface area is 163 Å². The zero-order valence-corrected chi connectivity index (χ0v) is 16.8. The number of hydrogen-bond acceptors (Lipinski definition) is 6. The smallest absolute Gasteiger partial charge is 0.334 e. The lowest BCUT2D eigenvalue weighted by Gasteiger charge is -2.18. The van der Waals surface area contributed by atoms with E-state index >= 15 is 0 Å². The summed E-state index contributed by atoms with van der Waals surface area (Å²) in [5.41, 5.74) is 1.88. The van der Waals surface area contributed by atoms with Gasteiger partial charge >= 0.3 is 23.8 Å². The number of Topliss-reactive ketones (excluding diaryl/α,β-unsaturated/α-hetero) is 1. The first-order valence-corrected chi connectivity index (χ1v) is 9.05. The Balaban J connectivity index is 2.14. The second-order valence-electron chi connectivity index (χ2n) is 6.98. The fourth-order valence-corrected chi connectivity index (χ4v) is 3.26. The summed E-state index contributed by atoms with van der Waals surface area (Å²) in [6.45, 7) is 6.88. The second-order valence-corrected chi connectivity index (χ2v) is 6.98. The van der Waals surface area contributed by atoms with Gasteiger partial charge < -0.3 is 9.30 Å². The Morgan fingerprint density at radius 3 is 2.29 bits per heavy atom. The lowest BCUT2D eigenvalue weighted by molar-refractivity contribution is -0.143. The maximum atomic E-state index is 12.7. The Morgan fingerprint density at radius 2 is 1.75 bits per heavy atom. The summed E-state index contributed by atoms with van der Waals surface area (Å²) in [4.78, 5) is 61.9. The predicted molar refractivity (Wildman–Crippen MR) is 98.6 cm³/mol. The zero-order valence-electron chi connectivity index (χ0n) is 16.8. The molecule has 2 heterocycles. The average molecular weight is 391 g/mol. The first-order valence-electron chi connectivity index (χ1n) is 9.05. The van der Waals surface area contributed by atoms with Gasteiger partial charge in [-0.2, -0.15) is 0 Å². The van der Waals surface area contributed by atoms with E-state index in [0.29, 0.717) is 29.1 Å². The monoisotopic (exact) mass is 391 g/mol. The number of aromatic nitrogens is 1. The summed E-state index contributed by atoms with van der Waals surface area (Å²) in [5, 5.41) is 0. The molecule has 0 unspecified atom stereocenters. The molecule has 0 aromatic carbocycles. The molecule has 28 heavy (non-hydrogen) atoms. The molecular weight excluding hydrogens is 366 g/mol. The molecule has 1 aliphatic rings. The molecule has 0 saturated carbocycles. The van der Waals surface area contributed by atoms with Crippen LogP contribution in [0, 0.1) is 13.8 Å². The molecule has 0 bridgehead atoms. The first-order chi connectivity index (χ1) is 13.1. The van der Waals surface area contributed by atoms with Crippen molar-refractivity contribution < 1.29 is 28.7 Å².